The summed E-state index contributed by atoms with van der Waals surface area (Å²) in [7, 11) is 0. The summed E-state index contributed by atoms with van der Waals surface area (Å²) < 4.78 is 5.29. The quantitative estimate of drug-likeness (QED) is 0.593. The number of fused-ring (bicyclic) bond motifs is 1. The number of carbonyl (C=O) groups is 1. The van der Waals surface area contributed by atoms with E-state index in [1.165, 1.54) is 12.8 Å². The Labute approximate surface area is 116 Å². The lowest BCUT2D eigenvalue weighted by Gasteiger charge is -2.17. The van der Waals surface area contributed by atoms with E-state index in [2.05, 4.69) is 19.9 Å². The first-order chi connectivity index (χ1) is 9.11. The Bertz CT molecular complexity index is 337. The molecule has 0 radical (unpaired) electrons. The lowest BCUT2D eigenvalue weighted by Crippen LogP contribution is -2.16. The molecule has 1 saturated heterocycles. The molecule has 2 aliphatic rings. The molecule has 1 aliphatic carbocycles. The van der Waals surface area contributed by atoms with E-state index >= 15 is 0 Å². The number of aliphatic hydroxyl groups excluding tert-OH is 1. The minimum absolute atomic E-state index is 0.0510. The molecule has 0 bridgehead atoms. The number of rotatable bonds is 6. The van der Waals surface area contributed by atoms with Crippen LogP contribution < -0.4 is 0 Å². The van der Waals surface area contributed by atoms with Crippen molar-refractivity contribution in [2.45, 2.75) is 64.6 Å². The van der Waals surface area contributed by atoms with Gasteiger partial charge in [0.25, 0.3) is 0 Å². The van der Waals surface area contributed by atoms with Crippen LogP contribution in [0.1, 0.15) is 52.4 Å². The molecule has 0 spiro atoms. The minimum Gasteiger partial charge on any atom is -0.462 e. The van der Waals surface area contributed by atoms with Gasteiger partial charge in [0.05, 0.1) is 12.5 Å². The van der Waals surface area contributed by atoms with Crippen molar-refractivity contribution in [1.29, 1.82) is 0 Å². The van der Waals surface area contributed by atoms with Gasteiger partial charge in [-0.05, 0) is 31.1 Å². The zero-order valence-corrected chi connectivity index (χ0v) is 12.0. The lowest BCUT2D eigenvalue weighted by molar-refractivity contribution is -0.141. The summed E-state index contributed by atoms with van der Waals surface area (Å²) in [5, 5.41) is 10.1. The molecule has 2 fully saturated rings. The van der Waals surface area contributed by atoms with Crippen molar-refractivity contribution in [3.05, 3.63) is 12.2 Å². The number of hydrogen-bond acceptors (Lipinski definition) is 3. The fourth-order valence-electron chi connectivity index (χ4n) is 3.28. The second-order valence-corrected chi connectivity index (χ2v) is 6.13. The zero-order valence-electron chi connectivity index (χ0n) is 12.0. The van der Waals surface area contributed by atoms with Crippen LogP contribution in [0, 0.1) is 17.8 Å². The minimum atomic E-state index is -0.358. The fraction of sp³-hybridized carbons (Fsp3) is 0.812. The number of aliphatic hydroxyl groups is 1. The molecule has 1 N–H and O–H groups in total. The first-order valence-corrected chi connectivity index (χ1v) is 7.67. The third-order valence-electron chi connectivity index (χ3n) is 4.65. The van der Waals surface area contributed by atoms with Gasteiger partial charge in [-0.1, -0.05) is 38.8 Å². The Morgan fingerprint density at radius 3 is 3.00 bits per heavy atom. The van der Waals surface area contributed by atoms with E-state index in [-0.39, 0.29) is 18.2 Å². The van der Waals surface area contributed by atoms with Crippen molar-refractivity contribution in [3.8, 4) is 0 Å². The van der Waals surface area contributed by atoms with Crippen molar-refractivity contribution in [2.75, 3.05) is 0 Å². The van der Waals surface area contributed by atoms with Gasteiger partial charge < -0.3 is 9.84 Å². The maximum atomic E-state index is 11.3. The maximum Gasteiger partial charge on any atom is 0.306 e. The van der Waals surface area contributed by atoms with Crippen molar-refractivity contribution in [3.63, 3.8) is 0 Å². The third kappa shape index (κ3) is 3.59. The van der Waals surface area contributed by atoms with Crippen LogP contribution in [0.3, 0.4) is 0 Å². The number of esters is 1. The van der Waals surface area contributed by atoms with Crippen LogP contribution in [0.4, 0.5) is 0 Å². The van der Waals surface area contributed by atoms with Gasteiger partial charge in [0.1, 0.15) is 6.10 Å². The Balaban J connectivity index is 1.83. The first-order valence-electron chi connectivity index (χ1n) is 7.67. The molecular weight excluding hydrogens is 240 g/mol. The molecule has 1 aliphatic heterocycles. The smallest absolute Gasteiger partial charge is 0.306 e. The topological polar surface area (TPSA) is 46.5 Å². The van der Waals surface area contributed by atoms with Gasteiger partial charge in [-0.15, -0.1) is 0 Å². The molecule has 3 nitrogen and oxygen atoms in total. The molecule has 2 rings (SSSR count). The molecule has 3 heteroatoms. The van der Waals surface area contributed by atoms with Gasteiger partial charge in [0, 0.05) is 5.92 Å². The fourth-order valence-corrected chi connectivity index (χ4v) is 3.28. The van der Waals surface area contributed by atoms with E-state index in [1.54, 1.807) is 0 Å². The highest BCUT2D eigenvalue weighted by molar-refractivity contribution is 5.72. The van der Waals surface area contributed by atoms with E-state index < -0.39 is 0 Å². The summed E-state index contributed by atoms with van der Waals surface area (Å²) in [5.74, 6) is 1.02. The van der Waals surface area contributed by atoms with Gasteiger partial charge in [0.2, 0.25) is 0 Å². The Morgan fingerprint density at radius 1 is 1.47 bits per heavy atom. The van der Waals surface area contributed by atoms with Crippen LogP contribution in [0.5, 0.6) is 0 Å². The first kappa shape index (κ1) is 14.6. The summed E-state index contributed by atoms with van der Waals surface area (Å²) in [5.41, 5.74) is 0. The maximum absolute atomic E-state index is 11.3. The molecule has 19 heavy (non-hydrogen) atoms. The van der Waals surface area contributed by atoms with E-state index in [1.807, 2.05) is 6.08 Å². The van der Waals surface area contributed by atoms with Crippen LogP contribution in [0.15, 0.2) is 12.2 Å². The number of hydrogen-bond donors (Lipinski definition) is 1. The molecule has 0 aromatic carbocycles. The molecule has 0 aromatic rings. The van der Waals surface area contributed by atoms with Crippen LogP contribution in [-0.4, -0.2) is 23.3 Å². The standard InChI is InChI=1S/C16H26O3/c1-3-4-5-11(2)14(17)8-6-12-7-9-15-13(12)10-16(18)19-15/h6,8,11-15,17H,3-5,7,9-10H2,1-2H3/b8-6+/t11?,12?,13?,14-,15?/m1/s1. The highest BCUT2D eigenvalue weighted by Gasteiger charge is 2.43. The van der Waals surface area contributed by atoms with Crippen LogP contribution in [-0.2, 0) is 9.53 Å². The molecule has 0 aromatic heterocycles. The van der Waals surface area contributed by atoms with Crippen LogP contribution >= 0.6 is 0 Å². The van der Waals surface area contributed by atoms with E-state index in [4.69, 9.17) is 4.74 Å². The largest absolute Gasteiger partial charge is 0.462 e. The van der Waals surface area contributed by atoms with Crippen LogP contribution in [0.2, 0.25) is 0 Å². The van der Waals surface area contributed by atoms with Crippen molar-refractivity contribution < 1.29 is 14.6 Å². The Hall–Kier alpha value is -0.830. The Kier molecular flexibility index (Phi) is 5.03. The number of carbonyl (C=O) groups excluding carboxylic acids is 1. The van der Waals surface area contributed by atoms with Gasteiger partial charge in [0.15, 0.2) is 0 Å². The third-order valence-corrected chi connectivity index (χ3v) is 4.65. The predicted molar refractivity (Wildman–Crippen MR) is 74.5 cm³/mol. The molecule has 1 heterocycles. The van der Waals surface area contributed by atoms with Gasteiger partial charge in [-0.3, -0.25) is 4.79 Å². The highest BCUT2D eigenvalue weighted by atomic mass is 16.5. The molecule has 108 valence electrons. The molecule has 0 amide bonds. The van der Waals surface area contributed by atoms with Crippen molar-refractivity contribution in [2.24, 2.45) is 17.8 Å². The van der Waals surface area contributed by atoms with Crippen LogP contribution in [0.25, 0.3) is 0 Å². The summed E-state index contributed by atoms with van der Waals surface area (Å²) in [6, 6.07) is 0. The molecule has 5 atom stereocenters. The normalized spacial score (nSPS) is 33.4. The second kappa shape index (κ2) is 6.56. The average molecular weight is 266 g/mol. The summed E-state index contributed by atoms with van der Waals surface area (Å²) >= 11 is 0. The summed E-state index contributed by atoms with van der Waals surface area (Å²) in [6.07, 6.45) is 9.87. The summed E-state index contributed by atoms with van der Waals surface area (Å²) in [6.45, 7) is 4.27. The lowest BCUT2D eigenvalue weighted by atomic mass is 9.91. The monoisotopic (exact) mass is 266 g/mol. The van der Waals surface area contributed by atoms with Crippen molar-refractivity contribution in [1.82, 2.24) is 0 Å². The number of ether oxygens (including phenoxy) is 1. The molecule has 4 unspecified atom stereocenters. The molecule has 1 saturated carbocycles. The number of unbranched alkanes of at least 4 members (excludes halogenated alkanes) is 1. The van der Waals surface area contributed by atoms with Crippen molar-refractivity contribution >= 4 is 5.97 Å². The zero-order chi connectivity index (χ0) is 13.8. The SMILES string of the molecule is CCCCC(C)[C@H](O)/C=C/C1CCC2OC(=O)CC12. The van der Waals surface area contributed by atoms with E-state index in [9.17, 15) is 9.90 Å². The average Bonchev–Trinajstić information content (AvgIpc) is 2.92. The van der Waals surface area contributed by atoms with Gasteiger partial charge >= 0.3 is 5.97 Å². The molecular formula is C16H26O3. The highest BCUT2D eigenvalue weighted by Crippen LogP contribution is 2.41. The second-order valence-electron chi connectivity index (χ2n) is 6.13. The van der Waals surface area contributed by atoms with E-state index in [0.717, 1.165) is 19.3 Å². The predicted octanol–water partition coefficient (Wildman–Crippen LogP) is 3.07. The van der Waals surface area contributed by atoms with E-state index in [0.29, 0.717) is 24.2 Å². The van der Waals surface area contributed by atoms with Gasteiger partial charge in [-0.25, -0.2) is 0 Å². The van der Waals surface area contributed by atoms with Gasteiger partial charge in [-0.2, -0.15) is 0 Å². The summed E-state index contributed by atoms with van der Waals surface area (Å²) in [4.78, 5) is 11.3. The Morgan fingerprint density at radius 2 is 2.26 bits per heavy atom. The number of allylic oxidation sites excluding steroid dienone is 1.